The van der Waals surface area contributed by atoms with Crippen LogP contribution in [0.4, 0.5) is 0 Å². The molecule has 0 spiro atoms. The molecule has 1 N–H and O–H groups in total. The highest BCUT2D eigenvalue weighted by Crippen LogP contribution is 2.19. The Labute approximate surface area is 98.0 Å². The zero-order chi connectivity index (χ0) is 12.0. The second-order valence-corrected chi connectivity index (χ2v) is 3.82. The maximum Gasteiger partial charge on any atom is 0.123 e. The van der Waals surface area contributed by atoms with Crippen LogP contribution in [0.15, 0.2) is 18.2 Å². The van der Waals surface area contributed by atoms with E-state index in [0.29, 0.717) is 0 Å². The number of hydrogen-bond acceptors (Lipinski definition) is 2. The number of aryl methyl sites for hydroxylation is 1. The number of nitrogens with one attached hydrogen (secondary N) is 1. The molecule has 16 heavy (non-hydrogen) atoms. The molecule has 1 aromatic carbocycles. The van der Waals surface area contributed by atoms with E-state index in [1.807, 2.05) is 12.1 Å². The van der Waals surface area contributed by atoms with Crippen molar-refractivity contribution in [1.82, 2.24) is 5.32 Å². The van der Waals surface area contributed by atoms with Crippen LogP contribution in [0.5, 0.6) is 5.75 Å². The molecule has 0 aliphatic rings. The molecule has 0 aliphatic carbocycles. The Hall–Kier alpha value is -1.46. The molecule has 2 nitrogen and oxygen atoms in total. The first-order chi connectivity index (χ1) is 7.71. The van der Waals surface area contributed by atoms with Gasteiger partial charge in [-0.15, -0.1) is 6.42 Å². The van der Waals surface area contributed by atoms with Gasteiger partial charge in [-0.2, -0.15) is 0 Å². The molecule has 0 aliphatic heterocycles. The standard InChI is InChI=1S/C14H19NO/c1-5-13(6-2)15-10-12-9-11(3)7-8-14(12)16-4/h1,7-9,13,15H,6,10H2,2-4H3. The van der Waals surface area contributed by atoms with Crippen molar-refractivity contribution in [3.8, 4) is 18.1 Å². The van der Waals surface area contributed by atoms with Crippen molar-refractivity contribution in [3.63, 3.8) is 0 Å². The van der Waals surface area contributed by atoms with Crippen LogP contribution in [0.2, 0.25) is 0 Å². The third kappa shape index (κ3) is 3.29. The summed E-state index contributed by atoms with van der Waals surface area (Å²) in [7, 11) is 1.69. The molecule has 1 atom stereocenters. The lowest BCUT2D eigenvalue weighted by molar-refractivity contribution is 0.406. The molecule has 1 rings (SSSR count). The van der Waals surface area contributed by atoms with Crippen LogP contribution in [0.1, 0.15) is 24.5 Å². The summed E-state index contributed by atoms with van der Waals surface area (Å²) in [5.41, 5.74) is 2.38. The molecule has 0 bridgehead atoms. The number of terminal acetylenes is 1. The van der Waals surface area contributed by atoms with Crippen molar-refractivity contribution in [2.45, 2.75) is 32.9 Å². The topological polar surface area (TPSA) is 21.3 Å². The van der Waals surface area contributed by atoms with Crippen LogP contribution in [-0.4, -0.2) is 13.2 Å². The molecular weight excluding hydrogens is 198 g/mol. The molecule has 86 valence electrons. The highest BCUT2D eigenvalue weighted by atomic mass is 16.5. The highest BCUT2D eigenvalue weighted by molar-refractivity contribution is 5.36. The summed E-state index contributed by atoms with van der Waals surface area (Å²) in [5.74, 6) is 3.63. The van der Waals surface area contributed by atoms with Crippen molar-refractivity contribution < 1.29 is 4.74 Å². The molecule has 0 saturated carbocycles. The Balaban J connectivity index is 2.72. The highest BCUT2D eigenvalue weighted by Gasteiger charge is 2.05. The maximum atomic E-state index is 5.40. The number of hydrogen-bond donors (Lipinski definition) is 1. The average molecular weight is 217 g/mol. The summed E-state index contributed by atoms with van der Waals surface area (Å²) >= 11 is 0. The minimum atomic E-state index is 0.130. The summed E-state index contributed by atoms with van der Waals surface area (Å²) in [5, 5.41) is 3.32. The van der Waals surface area contributed by atoms with E-state index in [1.54, 1.807) is 7.11 Å². The van der Waals surface area contributed by atoms with Gasteiger partial charge in [0.25, 0.3) is 0 Å². The fourth-order valence-corrected chi connectivity index (χ4v) is 1.60. The van der Waals surface area contributed by atoms with Gasteiger partial charge in [0, 0.05) is 12.1 Å². The predicted molar refractivity (Wildman–Crippen MR) is 67.5 cm³/mol. The van der Waals surface area contributed by atoms with Crippen LogP contribution >= 0.6 is 0 Å². The number of ether oxygens (including phenoxy) is 1. The summed E-state index contributed by atoms with van der Waals surface area (Å²) in [6.07, 6.45) is 6.34. The largest absolute Gasteiger partial charge is 0.496 e. The molecule has 0 fully saturated rings. The molecule has 0 aromatic heterocycles. The second kappa shape index (κ2) is 6.19. The Morgan fingerprint density at radius 2 is 2.25 bits per heavy atom. The Morgan fingerprint density at radius 3 is 2.81 bits per heavy atom. The Morgan fingerprint density at radius 1 is 1.50 bits per heavy atom. The molecule has 0 saturated heterocycles. The van der Waals surface area contributed by atoms with Crippen molar-refractivity contribution in [1.29, 1.82) is 0 Å². The average Bonchev–Trinajstić information content (AvgIpc) is 2.30. The number of benzene rings is 1. The van der Waals surface area contributed by atoms with Crippen molar-refractivity contribution in [2.75, 3.05) is 7.11 Å². The van der Waals surface area contributed by atoms with Gasteiger partial charge in [0.1, 0.15) is 5.75 Å². The zero-order valence-electron chi connectivity index (χ0n) is 10.2. The van der Waals surface area contributed by atoms with E-state index < -0.39 is 0 Å². The van der Waals surface area contributed by atoms with Crippen LogP contribution < -0.4 is 10.1 Å². The molecule has 1 unspecified atom stereocenters. The van der Waals surface area contributed by atoms with E-state index in [2.05, 4.69) is 31.2 Å². The SMILES string of the molecule is C#CC(CC)NCc1cc(C)ccc1OC. The van der Waals surface area contributed by atoms with Crippen LogP contribution in [0.25, 0.3) is 0 Å². The fourth-order valence-electron chi connectivity index (χ4n) is 1.60. The van der Waals surface area contributed by atoms with Gasteiger partial charge in [0.2, 0.25) is 0 Å². The maximum absolute atomic E-state index is 5.40. The van der Waals surface area contributed by atoms with Gasteiger partial charge >= 0.3 is 0 Å². The van der Waals surface area contributed by atoms with Gasteiger partial charge in [-0.1, -0.05) is 30.5 Å². The zero-order valence-corrected chi connectivity index (χ0v) is 10.2. The van der Waals surface area contributed by atoms with Gasteiger partial charge in [-0.25, -0.2) is 0 Å². The minimum absolute atomic E-state index is 0.130. The summed E-state index contributed by atoms with van der Waals surface area (Å²) in [4.78, 5) is 0. The Bertz CT molecular complexity index is 379. The lowest BCUT2D eigenvalue weighted by atomic mass is 10.1. The monoisotopic (exact) mass is 217 g/mol. The van der Waals surface area contributed by atoms with E-state index in [-0.39, 0.29) is 6.04 Å². The quantitative estimate of drug-likeness (QED) is 0.765. The van der Waals surface area contributed by atoms with Crippen molar-refractivity contribution in [3.05, 3.63) is 29.3 Å². The first-order valence-electron chi connectivity index (χ1n) is 5.54. The van der Waals surface area contributed by atoms with Gasteiger partial charge in [0.05, 0.1) is 13.2 Å². The van der Waals surface area contributed by atoms with Gasteiger partial charge in [-0.3, -0.25) is 5.32 Å². The molecule has 0 heterocycles. The summed E-state index contributed by atoms with van der Waals surface area (Å²) in [6.45, 7) is 4.89. The van der Waals surface area contributed by atoms with Crippen molar-refractivity contribution >= 4 is 0 Å². The summed E-state index contributed by atoms with van der Waals surface area (Å²) < 4.78 is 5.31. The Kier molecular flexibility index (Phi) is 4.88. The predicted octanol–water partition coefficient (Wildman–Crippen LogP) is 2.51. The first kappa shape index (κ1) is 12.6. The second-order valence-electron chi connectivity index (χ2n) is 3.82. The molecule has 0 radical (unpaired) electrons. The minimum Gasteiger partial charge on any atom is -0.496 e. The van der Waals surface area contributed by atoms with E-state index in [0.717, 1.165) is 24.3 Å². The van der Waals surface area contributed by atoms with Crippen LogP contribution in [0.3, 0.4) is 0 Å². The van der Waals surface area contributed by atoms with Gasteiger partial charge < -0.3 is 4.74 Å². The fraction of sp³-hybridized carbons (Fsp3) is 0.429. The van der Waals surface area contributed by atoms with E-state index >= 15 is 0 Å². The molecule has 1 aromatic rings. The molecular formula is C14H19NO. The third-order valence-electron chi connectivity index (χ3n) is 2.58. The van der Waals surface area contributed by atoms with Crippen LogP contribution in [0, 0.1) is 19.3 Å². The molecule has 0 amide bonds. The first-order valence-corrected chi connectivity index (χ1v) is 5.54. The normalized spacial score (nSPS) is 11.9. The van der Waals surface area contributed by atoms with E-state index in [4.69, 9.17) is 11.2 Å². The van der Waals surface area contributed by atoms with E-state index in [1.165, 1.54) is 5.56 Å². The lowest BCUT2D eigenvalue weighted by Gasteiger charge is -2.13. The van der Waals surface area contributed by atoms with Crippen molar-refractivity contribution in [2.24, 2.45) is 0 Å². The summed E-state index contributed by atoms with van der Waals surface area (Å²) in [6, 6.07) is 6.28. The lowest BCUT2D eigenvalue weighted by Crippen LogP contribution is -2.26. The van der Waals surface area contributed by atoms with E-state index in [9.17, 15) is 0 Å². The van der Waals surface area contributed by atoms with Gasteiger partial charge in [0.15, 0.2) is 0 Å². The number of methoxy groups -OCH3 is 1. The van der Waals surface area contributed by atoms with Gasteiger partial charge in [-0.05, 0) is 19.4 Å². The smallest absolute Gasteiger partial charge is 0.123 e. The van der Waals surface area contributed by atoms with Crippen LogP contribution in [-0.2, 0) is 6.54 Å². The third-order valence-corrected chi connectivity index (χ3v) is 2.58. The number of rotatable bonds is 5. The molecule has 2 heteroatoms.